The fraction of sp³-hybridized carbons (Fsp3) is 0.533. The van der Waals surface area contributed by atoms with Gasteiger partial charge in [-0.2, -0.15) is 0 Å². The van der Waals surface area contributed by atoms with Gasteiger partial charge in [0.25, 0.3) is 0 Å². The highest BCUT2D eigenvalue weighted by atomic mass is 35.5. The van der Waals surface area contributed by atoms with Crippen LogP contribution in [0.3, 0.4) is 0 Å². The minimum absolute atomic E-state index is 0.131. The van der Waals surface area contributed by atoms with Crippen molar-refractivity contribution in [1.29, 1.82) is 0 Å². The van der Waals surface area contributed by atoms with Crippen LogP contribution in [0.2, 0.25) is 5.02 Å². The van der Waals surface area contributed by atoms with Gasteiger partial charge in [-0.3, -0.25) is 4.79 Å². The van der Waals surface area contributed by atoms with Crippen molar-refractivity contribution in [2.24, 2.45) is 11.7 Å². The van der Waals surface area contributed by atoms with Crippen molar-refractivity contribution in [1.82, 2.24) is 9.62 Å². The van der Waals surface area contributed by atoms with Crippen LogP contribution in [0.1, 0.15) is 18.4 Å². The van der Waals surface area contributed by atoms with Gasteiger partial charge in [0.2, 0.25) is 15.9 Å². The molecular weight excluding hydrogens is 338 g/mol. The normalized spacial score (nSPS) is 19.5. The third-order valence-corrected chi connectivity index (χ3v) is 6.05. The summed E-state index contributed by atoms with van der Waals surface area (Å²) in [5, 5.41) is 3.16. The lowest BCUT2D eigenvalue weighted by molar-refractivity contribution is -0.126. The molecule has 2 rings (SSSR count). The molecule has 1 aliphatic rings. The fourth-order valence-electron chi connectivity index (χ4n) is 2.65. The number of carbonyl (C=O) groups is 1. The van der Waals surface area contributed by atoms with Crippen LogP contribution in [0.25, 0.3) is 0 Å². The summed E-state index contributed by atoms with van der Waals surface area (Å²) in [6.45, 7) is 1.42. The van der Waals surface area contributed by atoms with E-state index in [0.29, 0.717) is 43.1 Å². The summed E-state index contributed by atoms with van der Waals surface area (Å²) in [6, 6.07) is 6.90. The predicted molar refractivity (Wildman–Crippen MR) is 90.4 cm³/mol. The molecule has 1 aromatic carbocycles. The minimum atomic E-state index is -3.50. The SMILES string of the molecule is NCCNC(=O)C1CCCN(S(=O)(=O)Cc2ccccc2Cl)C1. The molecule has 0 saturated carbocycles. The first-order valence-electron chi connectivity index (χ1n) is 7.63. The molecule has 0 spiro atoms. The van der Waals surface area contributed by atoms with Gasteiger partial charge in [-0.25, -0.2) is 12.7 Å². The highest BCUT2D eigenvalue weighted by molar-refractivity contribution is 7.88. The molecule has 1 atom stereocenters. The van der Waals surface area contributed by atoms with Gasteiger partial charge in [0, 0.05) is 31.2 Å². The molecular formula is C15H22ClN3O3S. The Morgan fingerprint density at radius 1 is 1.39 bits per heavy atom. The molecule has 8 heteroatoms. The number of sulfonamides is 1. The van der Waals surface area contributed by atoms with E-state index in [1.54, 1.807) is 24.3 Å². The van der Waals surface area contributed by atoms with Gasteiger partial charge in [-0.05, 0) is 24.5 Å². The average Bonchev–Trinajstić information content (AvgIpc) is 2.54. The minimum Gasteiger partial charge on any atom is -0.355 e. The first-order chi connectivity index (χ1) is 10.9. The van der Waals surface area contributed by atoms with E-state index in [2.05, 4.69) is 5.32 Å². The second-order valence-electron chi connectivity index (χ2n) is 5.62. The number of nitrogens with zero attached hydrogens (tertiary/aromatic N) is 1. The van der Waals surface area contributed by atoms with E-state index in [1.165, 1.54) is 4.31 Å². The molecule has 6 nitrogen and oxygen atoms in total. The molecule has 0 aliphatic carbocycles. The van der Waals surface area contributed by atoms with Crippen LogP contribution in [0, 0.1) is 5.92 Å². The fourth-order valence-corrected chi connectivity index (χ4v) is 4.58. The maximum atomic E-state index is 12.6. The second-order valence-corrected chi connectivity index (χ2v) is 8.00. The van der Waals surface area contributed by atoms with Crippen molar-refractivity contribution < 1.29 is 13.2 Å². The summed E-state index contributed by atoms with van der Waals surface area (Å²) in [5.74, 6) is -0.603. The molecule has 1 aliphatic heterocycles. The summed E-state index contributed by atoms with van der Waals surface area (Å²) in [7, 11) is -3.50. The lowest BCUT2D eigenvalue weighted by atomic mass is 9.99. The van der Waals surface area contributed by atoms with Gasteiger partial charge in [-0.15, -0.1) is 0 Å². The monoisotopic (exact) mass is 359 g/mol. The lowest BCUT2D eigenvalue weighted by Gasteiger charge is -2.31. The third-order valence-electron chi connectivity index (χ3n) is 3.89. The molecule has 1 unspecified atom stereocenters. The number of nitrogens with one attached hydrogen (secondary N) is 1. The quantitative estimate of drug-likeness (QED) is 0.791. The molecule has 23 heavy (non-hydrogen) atoms. The zero-order chi connectivity index (χ0) is 16.9. The highest BCUT2D eigenvalue weighted by Crippen LogP contribution is 2.24. The van der Waals surface area contributed by atoms with Crippen LogP contribution in [-0.4, -0.2) is 44.8 Å². The summed E-state index contributed by atoms with van der Waals surface area (Å²) in [4.78, 5) is 12.0. The number of nitrogens with two attached hydrogens (primary N) is 1. The topological polar surface area (TPSA) is 92.5 Å². The summed E-state index contributed by atoms with van der Waals surface area (Å²) >= 11 is 6.05. The Hall–Kier alpha value is -1.15. The number of halogens is 1. The van der Waals surface area contributed by atoms with Crippen LogP contribution < -0.4 is 11.1 Å². The number of carbonyl (C=O) groups excluding carboxylic acids is 1. The van der Waals surface area contributed by atoms with Gasteiger partial charge in [0.05, 0.1) is 11.7 Å². The van der Waals surface area contributed by atoms with E-state index in [0.717, 1.165) is 0 Å². The Balaban J connectivity index is 2.04. The Bertz CT molecular complexity index is 651. The Labute approximate surface area is 142 Å². The molecule has 0 radical (unpaired) electrons. The second kappa shape index (κ2) is 8.10. The highest BCUT2D eigenvalue weighted by Gasteiger charge is 2.32. The Morgan fingerprint density at radius 2 is 2.13 bits per heavy atom. The van der Waals surface area contributed by atoms with Crippen molar-refractivity contribution in [3.8, 4) is 0 Å². The van der Waals surface area contributed by atoms with E-state index in [4.69, 9.17) is 17.3 Å². The summed E-state index contributed by atoms with van der Waals surface area (Å²) in [6.07, 6.45) is 1.36. The number of benzene rings is 1. The molecule has 3 N–H and O–H groups in total. The molecule has 0 aromatic heterocycles. The van der Waals surface area contributed by atoms with Crippen molar-refractivity contribution in [3.63, 3.8) is 0 Å². The standard InChI is InChI=1S/C15H22ClN3O3S/c16-14-6-2-1-4-13(14)11-23(21,22)19-9-3-5-12(10-19)15(20)18-8-7-17/h1-2,4,6,12H,3,5,7-11,17H2,(H,18,20). The van der Waals surface area contributed by atoms with Crippen molar-refractivity contribution in [2.75, 3.05) is 26.2 Å². The van der Waals surface area contributed by atoms with E-state index in [1.807, 2.05) is 0 Å². The van der Waals surface area contributed by atoms with Gasteiger partial charge >= 0.3 is 0 Å². The van der Waals surface area contributed by atoms with E-state index >= 15 is 0 Å². The van der Waals surface area contributed by atoms with Crippen LogP contribution in [0.4, 0.5) is 0 Å². The predicted octanol–water partition coefficient (Wildman–Crippen LogP) is 0.957. The van der Waals surface area contributed by atoms with E-state index in [9.17, 15) is 13.2 Å². The van der Waals surface area contributed by atoms with Crippen molar-refractivity contribution in [3.05, 3.63) is 34.9 Å². The van der Waals surface area contributed by atoms with Crippen LogP contribution in [0.5, 0.6) is 0 Å². The number of amides is 1. The Kier molecular flexibility index (Phi) is 6.41. The van der Waals surface area contributed by atoms with Gasteiger partial charge in [0.15, 0.2) is 0 Å². The van der Waals surface area contributed by atoms with Crippen LogP contribution in [-0.2, 0) is 20.6 Å². The molecule has 1 saturated heterocycles. The van der Waals surface area contributed by atoms with E-state index < -0.39 is 10.0 Å². The van der Waals surface area contributed by atoms with Gasteiger partial charge in [0.1, 0.15) is 0 Å². The Morgan fingerprint density at radius 3 is 2.83 bits per heavy atom. The molecule has 0 bridgehead atoms. The van der Waals surface area contributed by atoms with Crippen LogP contribution in [0.15, 0.2) is 24.3 Å². The summed E-state index contributed by atoms with van der Waals surface area (Å²) in [5.41, 5.74) is 5.94. The summed E-state index contributed by atoms with van der Waals surface area (Å²) < 4.78 is 26.6. The first-order valence-corrected chi connectivity index (χ1v) is 9.62. The number of hydrogen-bond donors (Lipinski definition) is 2. The largest absolute Gasteiger partial charge is 0.355 e. The lowest BCUT2D eigenvalue weighted by Crippen LogP contribution is -2.46. The molecule has 1 fully saturated rings. The van der Waals surface area contributed by atoms with Gasteiger partial charge < -0.3 is 11.1 Å². The number of hydrogen-bond acceptors (Lipinski definition) is 4. The van der Waals surface area contributed by atoms with Crippen molar-refractivity contribution in [2.45, 2.75) is 18.6 Å². The molecule has 1 amide bonds. The smallest absolute Gasteiger partial charge is 0.224 e. The van der Waals surface area contributed by atoms with E-state index in [-0.39, 0.29) is 24.1 Å². The molecule has 128 valence electrons. The third kappa shape index (κ3) is 4.91. The zero-order valence-corrected chi connectivity index (χ0v) is 14.4. The first kappa shape index (κ1) is 18.2. The maximum Gasteiger partial charge on any atom is 0.224 e. The number of rotatable bonds is 6. The molecule has 1 heterocycles. The van der Waals surface area contributed by atoms with Crippen molar-refractivity contribution >= 4 is 27.5 Å². The average molecular weight is 360 g/mol. The zero-order valence-electron chi connectivity index (χ0n) is 12.9. The maximum absolute atomic E-state index is 12.6. The molecule has 1 aromatic rings. The number of piperidine rings is 1. The van der Waals surface area contributed by atoms with Gasteiger partial charge in [-0.1, -0.05) is 29.8 Å². The van der Waals surface area contributed by atoms with Crippen LogP contribution >= 0.6 is 11.6 Å².